The molecule has 0 bridgehead atoms. The highest BCUT2D eigenvalue weighted by atomic mass is 127. The Balaban J connectivity index is 1.98. The number of rotatable bonds is 2. The van der Waals surface area contributed by atoms with Crippen molar-refractivity contribution >= 4 is 34.1 Å². The van der Waals surface area contributed by atoms with E-state index in [9.17, 15) is 0 Å². The van der Waals surface area contributed by atoms with Crippen molar-refractivity contribution in [1.29, 1.82) is 0 Å². The average molecular weight is 353 g/mol. The van der Waals surface area contributed by atoms with Gasteiger partial charge in [0.1, 0.15) is 11.5 Å². The zero-order valence-electron chi connectivity index (χ0n) is 9.84. The standard InChI is InChI=1S/C12H12IN5/c1-8-11(13)12(14)18(16-8)7-9-6-17-5-3-2-4-10(17)15-9/h2-6H,7,14H2,1H3. The predicted molar refractivity (Wildman–Crippen MR) is 78.4 cm³/mol. The van der Waals surface area contributed by atoms with Crippen LogP contribution in [-0.4, -0.2) is 19.2 Å². The molecule has 0 amide bonds. The Morgan fingerprint density at radius 2 is 2.22 bits per heavy atom. The summed E-state index contributed by atoms with van der Waals surface area (Å²) in [4.78, 5) is 4.53. The number of anilines is 1. The van der Waals surface area contributed by atoms with E-state index in [1.165, 1.54) is 0 Å². The Kier molecular flexibility index (Phi) is 2.73. The molecular formula is C12H12IN5. The van der Waals surface area contributed by atoms with Crippen LogP contribution in [0.1, 0.15) is 11.4 Å². The number of imidazole rings is 1. The summed E-state index contributed by atoms with van der Waals surface area (Å²) in [5.74, 6) is 0.699. The van der Waals surface area contributed by atoms with Gasteiger partial charge in [-0.25, -0.2) is 9.67 Å². The molecule has 0 saturated heterocycles. The third-order valence-corrected chi connectivity index (χ3v) is 4.15. The summed E-state index contributed by atoms with van der Waals surface area (Å²) in [5.41, 5.74) is 8.84. The number of hydrogen-bond donors (Lipinski definition) is 1. The second-order valence-electron chi connectivity index (χ2n) is 4.14. The Morgan fingerprint density at radius 3 is 2.89 bits per heavy atom. The van der Waals surface area contributed by atoms with Crippen LogP contribution < -0.4 is 5.73 Å². The van der Waals surface area contributed by atoms with Crippen molar-refractivity contribution < 1.29 is 0 Å². The van der Waals surface area contributed by atoms with Gasteiger partial charge in [-0.05, 0) is 41.6 Å². The molecule has 5 nitrogen and oxygen atoms in total. The van der Waals surface area contributed by atoms with Crippen LogP contribution in [0.15, 0.2) is 30.6 Å². The van der Waals surface area contributed by atoms with Crippen LogP contribution in [0.25, 0.3) is 5.65 Å². The lowest BCUT2D eigenvalue weighted by Gasteiger charge is -2.00. The summed E-state index contributed by atoms with van der Waals surface area (Å²) >= 11 is 2.21. The van der Waals surface area contributed by atoms with Gasteiger partial charge in [-0.2, -0.15) is 5.10 Å². The molecule has 3 aromatic rings. The molecule has 0 atom stereocenters. The van der Waals surface area contributed by atoms with Gasteiger partial charge in [-0.15, -0.1) is 0 Å². The zero-order valence-corrected chi connectivity index (χ0v) is 12.0. The fourth-order valence-corrected chi connectivity index (χ4v) is 2.30. The maximum atomic E-state index is 6.00. The van der Waals surface area contributed by atoms with Crippen LogP contribution in [0.4, 0.5) is 5.82 Å². The van der Waals surface area contributed by atoms with Gasteiger partial charge in [-0.1, -0.05) is 6.07 Å². The average Bonchev–Trinajstić information content (AvgIpc) is 2.87. The van der Waals surface area contributed by atoms with Gasteiger partial charge in [0, 0.05) is 12.4 Å². The number of nitrogens with two attached hydrogens (primary N) is 1. The summed E-state index contributed by atoms with van der Waals surface area (Å²) in [7, 11) is 0. The monoisotopic (exact) mass is 353 g/mol. The fraction of sp³-hybridized carbons (Fsp3) is 0.167. The number of aromatic nitrogens is 4. The molecule has 0 fully saturated rings. The highest BCUT2D eigenvalue weighted by molar-refractivity contribution is 14.1. The van der Waals surface area contributed by atoms with Crippen LogP contribution in [0.3, 0.4) is 0 Å². The fourth-order valence-electron chi connectivity index (χ4n) is 1.91. The summed E-state index contributed by atoms with van der Waals surface area (Å²) in [5, 5.41) is 4.41. The zero-order chi connectivity index (χ0) is 12.7. The molecule has 0 unspecified atom stereocenters. The van der Waals surface area contributed by atoms with E-state index in [0.29, 0.717) is 12.4 Å². The number of nitrogen functional groups attached to an aromatic ring is 1. The van der Waals surface area contributed by atoms with E-state index < -0.39 is 0 Å². The smallest absolute Gasteiger partial charge is 0.137 e. The molecule has 0 aromatic carbocycles. The van der Waals surface area contributed by atoms with Gasteiger partial charge in [0.25, 0.3) is 0 Å². The third-order valence-electron chi connectivity index (χ3n) is 2.82. The normalized spacial score (nSPS) is 11.2. The third kappa shape index (κ3) is 1.86. The van der Waals surface area contributed by atoms with Crippen molar-refractivity contribution in [2.24, 2.45) is 0 Å². The van der Waals surface area contributed by atoms with Crippen molar-refractivity contribution in [3.8, 4) is 0 Å². The highest BCUT2D eigenvalue weighted by Gasteiger charge is 2.11. The van der Waals surface area contributed by atoms with E-state index in [0.717, 1.165) is 20.6 Å². The van der Waals surface area contributed by atoms with Gasteiger partial charge in [0.15, 0.2) is 0 Å². The number of hydrogen-bond acceptors (Lipinski definition) is 3. The van der Waals surface area contributed by atoms with Crippen molar-refractivity contribution in [2.75, 3.05) is 5.73 Å². The Hall–Kier alpha value is -1.57. The lowest BCUT2D eigenvalue weighted by atomic mass is 10.4. The van der Waals surface area contributed by atoms with Crippen LogP contribution >= 0.6 is 22.6 Å². The first kappa shape index (κ1) is 11.5. The topological polar surface area (TPSA) is 61.1 Å². The van der Waals surface area contributed by atoms with E-state index in [-0.39, 0.29) is 0 Å². The molecule has 0 aliphatic heterocycles. The van der Waals surface area contributed by atoms with Crippen molar-refractivity contribution in [3.63, 3.8) is 0 Å². The second kappa shape index (κ2) is 4.27. The van der Waals surface area contributed by atoms with Gasteiger partial charge in [-0.3, -0.25) is 0 Å². The number of aryl methyl sites for hydroxylation is 1. The van der Waals surface area contributed by atoms with Crippen LogP contribution in [0, 0.1) is 10.5 Å². The van der Waals surface area contributed by atoms with E-state index in [2.05, 4.69) is 32.7 Å². The van der Waals surface area contributed by atoms with Gasteiger partial charge in [0.2, 0.25) is 0 Å². The molecule has 0 radical (unpaired) electrons. The van der Waals surface area contributed by atoms with Crippen molar-refractivity contribution in [2.45, 2.75) is 13.5 Å². The van der Waals surface area contributed by atoms with Crippen molar-refractivity contribution in [3.05, 3.63) is 45.6 Å². The summed E-state index contributed by atoms with van der Waals surface area (Å²) in [6, 6.07) is 5.93. The number of halogens is 1. The number of fused-ring (bicyclic) bond motifs is 1. The van der Waals surface area contributed by atoms with Crippen molar-refractivity contribution in [1.82, 2.24) is 19.2 Å². The lowest BCUT2D eigenvalue weighted by Crippen LogP contribution is -2.06. The Labute approximate surface area is 118 Å². The maximum absolute atomic E-state index is 6.00. The number of pyridine rings is 1. The second-order valence-corrected chi connectivity index (χ2v) is 5.22. The minimum atomic E-state index is 0.595. The molecule has 0 aliphatic carbocycles. The largest absolute Gasteiger partial charge is 0.383 e. The minimum Gasteiger partial charge on any atom is -0.383 e. The Morgan fingerprint density at radius 1 is 1.39 bits per heavy atom. The first-order valence-electron chi connectivity index (χ1n) is 5.56. The molecule has 18 heavy (non-hydrogen) atoms. The minimum absolute atomic E-state index is 0.595. The summed E-state index contributed by atoms with van der Waals surface area (Å²) in [6.07, 6.45) is 3.98. The molecule has 3 rings (SSSR count). The first-order chi connectivity index (χ1) is 8.65. The van der Waals surface area contributed by atoms with Crippen LogP contribution in [0.2, 0.25) is 0 Å². The highest BCUT2D eigenvalue weighted by Crippen LogP contribution is 2.19. The molecule has 0 aliphatic rings. The van der Waals surface area contributed by atoms with Crippen LogP contribution in [-0.2, 0) is 6.54 Å². The molecule has 0 saturated carbocycles. The molecule has 2 N–H and O–H groups in total. The Bertz CT molecular complexity index is 679. The molecule has 6 heteroatoms. The van der Waals surface area contributed by atoms with E-state index in [1.54, 1.807) is 4.68 Å². The van der Waals surface area contributed by atoms with Gasteiger partial charge in [0.05, 0.1) is 21.5 Å². The molecule has 92 valence electrons. The SMILES string of the molecule is Cc1nn(Cc2cn3ccccc3n2)c(N)c1I. The van der Waals surface area contributed by atoms with Gasteiger partial charge >= 0.3 is 0 Å². The van der Waals surface area contributed by atoms with E-state index >= 15 is 0 Å². The quantitative estimate of drug-likeness (QED) is 0.718. The predicted octanol–water partition coefficient (Wildman–Crippen LogP) is 2.07. The maximum Gasteiger partial charge on any atom is 0.137 e. The molecule has 3 heterocycles. The molecule has 3 aromatic heterocycles. The lowest BCUT2D eigenvalue weighted by molar-refractivity contribution is 0.678. The molecular weight excluding hydrogens is 341 g/mol. The van der Waals surface area contributed by atoms with E-state index in [1.807, 2.05) is 41.9 Å². The summed E-state index contributed by atoms with van der Waals surface area (Å²) < 4.78 is 4.79. The van der Waals surface area contributed by atoms with Gasteiger partial charge < -0.3 is 10.1 Å². The molecule has 0 spiro atoms. The number of nitrogens with zero attached hydrogens (tertiary/aromatic N) is 4. The van der Waals surface area contributed by atoms with E-state index in [4.69, 9.17) is 5.73 Å². The first-order valence-corrected chi connectivity index (χ1v) is 6.64. The van der Waals surface area contributed by atoms with Crippen LogP contribution in [0.5, 0.6) is 0 Å². The summed E-state index contributed by atoms with van der Waals surface area (Å²) in [6.45, 7) is 2.55.